The molecule has 0 aliphatic heterocycles. The molecule has 1 aromatic rings. The van der Waals surface area contributed by atoms with Crippen LogP contribution in [-0.4, -0.2) is 38.3 Å². The molecular weight excluding hydrogens is 332 g/mol. The SMILES string of the molecule is CN(CCCC(=O)NC1CCCCCC1)S(=O)(=O)c1cccs1. The predicted molar refractivity (Wildman–Crippen MR) is 93.0 cm³/mol. The minimum atomic E-state index is -3.41. The monoisotopic (exact) mass is 358 g/mol. The summed E-state index contributed by atoms with van der Waals surface area (Å²) < 4.78 is 26.2. The number of amides is 1. The number of hydrogen-bond acceptors (Lipinski definition) is 4. The highest BCUT2D eigenvalue weighted by Crippen LogP contribution is 2.20. The van der Waals surface area contributed by atoms with E-state index in [4.69, 9.17) is 0 Å². The molecule has 2 rings (SSSR count). The smallest absolute Gasteiger partial charge is 0.252 e. The van der Waals surface area contributed by atoms with E-state index < -0.39 is 10.0 Å². The summed E-state index contributed by atoms with van der Waals surface area (Å²) in [6.07, 6.45) is 7.95. The highest BCUT2D eigenvalue weighted by atomic mass is 32.2. The highest BCUT2D eigenvalue weighted by Gasteiger charge is 2.21. The molecule has 1 saturated carbocycles. The average Bonchev–Trinajstić information content (AvgIpc) is 2.94. The van der Waals surface area contributed by atoms with Gasteiger partial charge in [0.15, 0.2) is 0 Å². The van der Waals surface area contributed by atoms with Crippen molar-refractivity contribution in [3.05, 3.63) is 17.5 Å². The van der Waals surface area contributed by atoms with Gasteiger partial charge in [-0.3, -0.25) is 4.79 Å². The Morgan fingerprint density at radius 1 is 1.30 bits per heavy atom. The van der Waals surface area contributed by atoms with Crippen LogP contribution in [0.1, 0.15) is 51.4 Å². The van der Waals surface area contributed by atoms with Gasteiger partial charge < -0.3 is 5.32 Å². The zero-order valence-electron chi connectivity index (χ0n) is 13.7. The van der Waals surface area contributed by atoms with E-state index in [2.05, 4.69) is 5.32 Å². The molecule has 0 atom stereocenters. The number of rotatable bonds is 7. The fraction of sp³-hybridized carbons (Fsp3) is 0.688. The summed E-state index contributed by atoms with van der Waals surface area (Å²) in [6, 6.07) is 3.64. The van der Waals surface area contributed by atoms with Gasteiger partial charge in [-0.2, -0.15) is 0 Å². The van der Waals surface area contributed by atoms with Gasteiger partial charge in [0.2, 0.25) is 5.91 Å². The number of hydrogen-bond donors (Lipinski definition) is 1. The van der Waals surface area contributed by atoms with Crippen molar-refractivity contribution in [3.8, 4) is 0 Å². The van der Waals surface area contributed by atoms with Crippen molar-refractivity contribution in [3.63, 3.8) is 0 Å². The molecule has 1 aromatic heterocycles. The topological polar surface area (TPSA) is 66.5 Å². The van der Waals surface area contributed by atoms with Crippen LogP contribution in [-0.2, 0) is 14.8 Å². The lowest BCUT2D eigenvalue weighted by atomic mass is 10.1. The number of sulfonamides is 1. The molecule has 1 aliphatic carbocycles. The summed E-state index contributed by atoms with van der Waals surface area (Å²) in [6.45, 7) is 0.359. The minimum Gasteiger partial charge on any atom is -0.353 e. The van der Waals surface area contributed by atoms with Crippen LogP contribution in [0.4, 0.5) is 0 Å². The van der Waals surface area contributed by atoms with Gasteiger partial charge in [0.25, 0.3) is 10.0 Å². The fourth-order valence-electron chi connectivity index (χ4n) is 2.87. The molecule has 1 amide bonds. The van der Waals surface area contributed by atoms with Crippen molar-refractivity contribution < 1.29 is 13.2 Å². The lowest BCUT2D eigenvalue weighted by molar-refractivity contribution is -0.122. The van der Waals surface area contributed by atoms with Gasteiger partial charge in [-0.15, -0.1) is 11.3 Å². The zero-order chi connectivity index (χ0) is 16.7. The van der Waals surface area contributed by atoms with E-state index in [1.807, 2.05) is 0 Å². The first-order chi connectivity index (χ1) is 11.0. The summed E-state index contributed by atoms with van der Waals surface area (Å²) in [5.41, 5.74) is 0. The van der Waals surface area contributed by atoms with E-state index in [9.17, 15) is 13.2 Å². The second-order valence-corrected chi connectivity index (χ2v) is 9.34. The standard InChI is InChI=1S/C16H26N2O3S2/c1-18(23(20,21)16-11-7-13-22-16)12-6-10-15(19)17-14-8-4-2-3-5-9-14/h7,11,13-14H,2-6,8-10,12H2,1H3,(H,17,19). The van der Waals surface area contributed by atoms with E-state index in [0.717, 1.165) is 12.8 Å². The van der Waals surface area contributed by atoms with E-state index in [0.29, 0.717) is 29.6 Å². The molecule has 0 spiro atoms. The van der Waals surface area contributed by atoms with Gasteiger partial charge in [-0.25, -0.2) is 12.7 Å². The molecule has 0 unspecified atom stereocenters. The Morgan fingerprint density at radius 3 is 2.61 bits per heavy atom. The maximum atomic E-state index is 12.3. The Labute approximate surface area is 143 Å². The van der Waals surface area contributed by atoms with E-state index in [1.54, 1.807) is 24.6 Å². The Morgan fingerprint density at radius 2 is 2.00 bits per heavy atom. The van der Waals surface area contributed by atoms with Crippen molar-refractivity contribution in [2.45, 2.75) is 61.6 Å². The molecule has 7 heteroatoms. The summed E-state index contributed by atoms with van der Waals surface area (Å²) >= 11 is 1.21. The van der Waals surface area contributed by atoms with E-state index in [-0.39, 0.29) is 5.91 Å². The molecule has 23 heavy (non-hydrogen) atoms. The second-order valence-electron chi connectivity index (χ2n) is 6.12. The van der Waals surface area contributed by atoms with E-state index in [1.165, 1.54) is 41.3 Å². The molecule has 1 fully saturated rings. The Hall–Kier alpha value is -0.920. The van der Waals surface area contributed by atoms with Crippen LogP contribution in [0.2, 0.25) is 0 Å². The fourth-order valence-corrected chi connectivity index (χ4v) is 5.28. The molecule has 0 aromatic carbocycles. The van der Waals surface area contributed by atoms with Crippen molar-refractivity contribution in [1.29, 1.82) is 0 Å². The number of carbonyl (C=O) groups is 1. The molecule has 0 radical (unpaired) electrons. The van der Waals surface area contributed by atoms with Gasteiger partial charge in [-0.1, -0.05) is 31.7 Å². The molecule has 1 aliphatic rings. The first-order valence-electron chi connectivity index (χ1n) is 8.29. The summed E-state index contributed by atoms with van der Waals surface area (Å²) in [5.74, 6) is 0.0406. The second kappa shape index (κ2) is 8.80. The summed E-state index contributed by atoms with van der Waals surface area (Å²) in [7, 11) is -1.84. The normalized spacial score (nSPS) is 17.1. The molecule has 1 N–H and O–H groups in total. The molecule has 0 saturated heterocycles. The van der Waals surface area contributed by atoms with Crippen LogP contribution < -0.4 is 5.32 Å². The number of nitrogens with zero attached hydrogens (tertiary/aromatic N) is 1. The van der Waals surface area contributed by atoms with Crippen molar-refractivity contribution in [1.82, 2.24) is 9.62 Å². The van der Waals surface area contributed by atoms with Gasteiger partial charge in [-0.05, 0) is 30.7 Å². The molecule has 1 heterocycles. The largest absolute Gasteiger partial charge is 0.353 e. The van der Waals surface area contributed by atoms with Gasteiger partial charge in [0, 0.05) is 26.1 Å². The van der Waals surface area contributed by atoms with Crippen LogP contribution in [0, 0.1) is 0 Å². The minimum absolute atomic E-state index is 0.0406. The average molecular weight is 359 g/mol. The third kappa shape index (κ3) is 5.58. The van der Waals surface area contributed by atoms with Crippen LogP contribution >= 0.6 is 11.3 Å². The highest BCUT2D eigenvalue weighted by molar-refractivity contribution is 7.91. The molecule has 5 nitrogen and oxygen atoms in total. The lowest BCUT2D eigenvalue weighted by Gasteiger charge is -2.18. The summed E-state index contributed by atoms with van der Waals surface area (Å²) in [4.78, 5) is 12.0. The number of thiophene rings is 1. The summed E-state index contributed by atoms with van der Waals surface area (Å²) in [5, 5.41) is 4.84. The van der Waals surface area contributed by atoms with Gasteiger partial charge in [0.05, 0.1) is 0 Å². The lowest BCUT2D eigenvalue weighted by Crippen LogP contribution is -2.35. The van der Waals surface area contributed by atoms with Crippen LogP contribution in [0.15, 0.2) is 21.7 Å². The number of carbonyl (C=O) groups excluding carboxylic acids is 1. The van der Waals surface area contributed by atoms with E-state index >= 15 is 0 Å². The van der Waals surface area contributed by atoms with Crippen molar-refractivity contribution >= 4 is 27.3 Å². The maximum absolute atomic E-state index is 12.3. The third-order valence-corrected chi connectivity index (χ3v) is 7.49. The zero-order valence-corrected chi connectivity index (χ0v) is 15.3. The van der Waals surface area contributed by atoms with Crippen molar-refractivity contribution in [2.75, 3.05) is 13.6 Å². The maximum Gasteiger partial charge on any atom is 0.252 e. The number of nitrogens with one attached hydrogen (secondary N) is 1. The Kier molecular flexibility index (Phi) is 7.05. The van der Waals surface area contributed by atoms with Crippen molar-refractivity contribution in [2.24, 2.45) is 0 Å². The van der Waals surface area contributed by atoms with Crippen LogP contribution in [0.5, 0.6) is 0 Å². The van der Waals surface area contributed by atoms with Crippen LogP contribution in [0.25, 0.3) is 0 Å². The van der Waals surface area contributed by atoms with Gasteiger partial charge in [0.1, 0.15) is 4.21 Å². The molecule has 0 bridgehead atoms. The van der Waals surface area contributed by atoms with Crippen LogP contribution in [0.3, 0.4) is 0 Å². The Balaban J connectivity index is 1.72. The third-order valence-electron chi connectivity index (χ3n) is 4.26. The molecule has 130 valence electrons. The Bertz CT molecular complexity index is 576. The first-order valence-corrected chi connectivity index (χ1v) is 10.6. The van der Waals surface area contributed by atoms with Gasteiger partial charge >= 0.3 is 0 Å². The first kappa shape index (κ1) is 18.4. The molecular formula is C16H26N2O3S2. The predicted octanol–water partition coefficient (Wildman–Crippen LogP) is 2.99. The quantitative estimate of drug-likeness (QED) is 0.762.